The summed E-state index contributed by atoms with van der Waals surface area (Å²) in [6.45, 7) is 1.07. The second-order valence-electron chi connectivity index (χ2n) is 8.90. The molecule has 3 aromatic carbocycles. The molecule has 2 heterocycles. The molecule has 1 aromatic heterocycles. The fraction of sp³-hybridized carbons (Fsp3) is 0.250. The number of ether oxygens (including phenoxy) is 1. The molecule has 0 spiro atoms. The molecule has 0 bridgehead atoms. The van der Waals surface area contributed by atoms with Gasteiger partial charge in [-0.25, -0.2) is 9.97 Å². The monoisotopic (exact) mass is 506 g/mol. The van der Waals surface area contributed by atoms with Crippen molar-refractivity contribution in [3.05, 3.63) is 90.3 Å². The summed E-state index contributed by atoms with van der Waals surface area (Å²) in [5, 5.41) is 3.89. The molecule has 9 heteroatoms. The SMILES string of the molecule is O=C(Nc1ccccc1OCc1ccccc1C(F)(F)F)C1CCN(c2ncnc3ccccc23)CC1. The molecule has 1 aliphatic rings. The van der Waals surface area contributed by atoms with Crippen molar-refractivity contribution in [3.8, 4) is 5.75 Å². The van der Waals surface area contributed by atoms with Gasteiger partial charge in [0.1, 0.15) is 24.5 Å². The van der Waals surface area contributed by atoms with Crippen molar-refractivity contribution in [1.82, 2.24) is 9.97 Å². The fourth-order valence-corrected chi connectivity index (χ4v) is 4.60. The van der Waals surface area contributed by atoms with Gasteiger partial charge < -0.3 is 15.0 Å². The maximum absolute atomic E-state index is 13.3. The lowest BCUT2D eigenvalue weighted by molar-refractivity contribution is -0.138. The van der Waals surface area contributed by atoms with E-state index in [4.69, 9.17) is 4.74 Å². The van der Waals surface area contributed by atoms with Crippen molar-refractivity contribution in [3.63, 3.8) is 0 Å². The number of halogens is 3. The molecule has 5 rings (SSSR count). The van der Waals surface area contributed by atoms with Crippen molar-refractivity contribution in [2.24, 2.45) is 5.92 Å². The number of benzene rings is 3. The van der Waals surface area contributed by atoms with Gasteiger partial charge in [0, 0.05) is 30.0 Å². The number of fused-ring (bicyclic) bond motifs is 1. The number of carbonyl (C=O) groups excluding carboxylic acids is 1. The molecule has 1 amide bonds. The van der Waals surface area contributed by atoms with Crippen LogP contribution in [0.5, 0.6) is 5.75 Å². The Bertz CT molecular complexity index is 1400. The minimum absolute atomic E-state index is 0.0285. The normalized spacial score (nSPS) is 14.5. The first-order valence-corrected chi connectivity index (χ1v) is 12.0. The van der Waals surface area contributed by atoms with Crippen LogP contribution in [-0.2, 0) is 17.6 Å². The third kappa shape index (κ3) is 5.50. The molecule has 1 aliphatic heterocycles. The average molecular weight is 507 g/mol. The second-order valence-corrected chi connectivity index (χ2v) is 8.90. The molecule has 4 aromatic rings. The van der Waals surface area contributed by atoms with Crippen molar-refractivity contribution in [2.45, 2.75) is 25.6 Å². The van der Waals surface area contributed by atoms with E-state index < -0.39 is 11.7 Å². The quantitative estimate of drug-likeness (QED) is 0.343. The van der Waals surface area contributed by atoms with Crippen LogP contribution in [0.2, 0.25) is 0 Å². The summed E-state index contributed by atoms with van der Waals surface area (Å²) in [6.07, 6.45) is -1.63. The van der Waals surface area contributed by atoms with Crippen molar-refractivity contribution in [2.75, 3.05) is 23.3 Å². The van der Waals surface area contributed by atoms with Crippen LogP contribution in [0.15, 0.2) is 79.1 Å². The van der Waals surface area contributed by atoms with Gasteiger partial charge in [-0.1, -0.05) is 42.5 Å². The van der Waals surface area contributed by atoms with Gasteiger partial charge in [0.2, 0.25) is 5.91 Å². The Labute approximate surface area is 212 Å². The van der Waals surface area contributed by atoms with Gasteiger partial charge in [0.25, 0.3) is 0 Å². The molecule has 0 saturated carbocycles. The van der Waals surface area contributed by atoms with E-state index in [0.717, 1.165) is 22.8 Å². The van der Waals surface area contributed by atoms with E-state index in [9.17, 15) is 18.0 Å². The average Bonchev–Trinajstić information content (AvgIpc) is 2.92. The van der Waals surface area contributed by atoms with Gasteiger partial charge in [0.05, 0.1) is 16.8 Å². The Morgan fingerprint density at radius 1 is 0.946 bits per heavy atom. The lowest BCUT2D eigenvalue weighted by Crippen LogP contribution is -2.38. The van der Waals surface area contributed by atoms with Crippen molar-refractivity contribution in [1.29, 1.82) is 0 Å². The summed E-state index contributed by atoms with van der Waals surface area (Å²) in [5.74, 6) is 0.836. The first kappa shape index (κ1) is 24.5. The zero-order chi connectivity index (χ0) is 25.8. The van der Waals surface area contributed by atoms with Crippen LogP contribution >= 0.6 is 0 Å². The largest absolute Gasteiger partial charge is 0.487 e. The standard InChI is InChI=1S/C28H25F3N4O2/c29-28(30,31)22-9-3-1-7-20(22)17-37-25-12-6-5-11-24(25)34-27(36)19-13-15-35(16-14-19)26-21-8-2-4-10-23(21)32-18-33-26/h1-12,18-19H,13-17H2,(H,34,36). The van der Waals surface area contributed by atoms with Crippen LogP contribution in [0.25, 0.3) is 10.9 Å². The minimum Gasteiger partial charge on any atom is -0.487 e. The molecule has 0 atom stereocenters. The molecule has 0 radical (unpaired) electrons. The van der Waals surface area contributed by atoms with Gasteiger partial charge in [-0.05, 0) is 43.2 Å². The number of carbonyl (C=O) groups is 1. The van der Waals surface area contributed by atoms with E-state index in [1.165, 1.54) is 18.2 Å². The number of aromatic nitrogens is 2. The number of amides is 1. The maximum atomic E-state index is 13.3. The van der Waals surface area contributed by atoms with E-state index >= 15 is 0 Å². The number of rotatable bonds is 6. The molecular formula is C28H25F3N4O2. The molecule has 1 N–H and O–H groups in total. The van der Waals surface area contributed by atoms with Crippen molar-refractivity contribution >= 4 is 28.3 Å². The summed E-state index contributed by atoms with van der Waals surface area (Å²) < 4.78 is 45.7. The van der Waals surface area contributed by atoms with E-state index in [0.29, 0.717) is 37.4 Å². The summed E-state index contributed by atoms with van der Waals surface area (Å²) in [7, 11) is 0. The summed E-state index contributed by atoms with van der Waals surface area (Å²) >= 11 is 0. The fourth-order valence-electron chi connectivity index (χ4n) is 4.60. The number of hydrogen-bond acceptors (Lipinski definition) is 5. The second kappa shape index (κ2) is 10.5. The van der Waals surface area contributed by atoms with Crippen molar-refractivity contribution < 1.29 is 22.7 Å². The maximum Gasteiger partial charge on any atom is 0.416 e. The molecular weight excluding hydrogens is 481 g/mol. The summed E-state index contributed by atoms with van der Waals surface area (Å²) in [6, 6.07) is 19.9. The topological polar surface area (TPSA) is 67.3 Å². The summed E-state index contributed by atoms with van der Waals surface area (Å²) in [4.78, 5) is 24.0. The molecule has 190 valence electrons. The molecule has 1 fully saturated rings. The number of nitrogens with one attached hydrogen (secondary N) is 1. The number of hydrogen-bond donors (Lipinski definition) is 1. The van der Waals surface area contributed by atoms with Crippen LogP contribution in [0.1, 0.15) is 24.0 Å². The highest BCUT2D eigenvalue weighted by Gasteiger charge is 2.33. The van der Waals surface area contributed by atoms with E-state index in [1.54, 1.807) is 30.6 Å². The van der Waals surface area contributed by atoms with E-state index in [1.807, 2.05) is 24.3 Å². The molecule has 0 aliphatic carbocycles. The molecule has 1 saturated heterocycles. The van der Waals surface area contributed by atoms with Gasteiger partial charge in [-0.3, -0.25) is 4.79 Å². The third-order valence-electron chi connectivity index (χ3n) is 6.54. The van der Waals surface area contributed by atoms with Gasteiger partial charge in [-0.2, -0.15) is 13.2 Å². The van der Waals surface area contributed by atoms with Gasteiger partial charge in [-0.15, -0.1) is 0 Å². The number of anilines is 2. The smallest absolute Gasteiger partial charge is 0.416 e. The molecule has 37 heavy (non-hydrogen) atoms. The van der Waals surface area contributed by atoms with Crippen LogP contribution in [-0.4, -0.2) is 29.0 Å². The van der Waals surface area contributed by atoms with Gasteiger partial charge in [0.15, 0.2) is 0 Å². The Morgan fingerprint density at radius 3 is 2.46 bits per heavy atom. The third-order valence-corrected chi connectivity index (χ3v) is 6.54. The number of alkyl halides is 3. The first-order chi connectivity index (χ1) is 17.9. The highest BCUT2D eigenvalue weighted by molar-refractivity contribution is 5.94. The Balaban J connectivity index is 1.23. The molecule has 6 nitrogen and oxygen atoms in total. The van der Waals surface area contributed by atoms with Crippen LogP contribution in [0, 0.1) is 5.92 Å². The highest BCUT2D eigenvalue weighted by atomic mass is 19.4. The minimum atomic E-state index is -4.47. The predicted octanol–water partition coefficient (Wildman–Crippen LogP) is 6.08. The lowest BCUT2D eigenvalue weighted by atomic mass is 9.95. The highest BCUT2D eigenvalue weighted by Crippen LogP contribution is 2.34. The van der Waals surface area contributed by atoms with Crippen LogP contribution < -0.4 is 15.0 Å². The summed E-state index contributed by atoms with van der Waals surface area (Å²) in [5.41, 5.74) is 0.600. The van der Waals surface area contributed by atoms with E-state index in [2.05, 4.69) is 20.2 Å². The zero-order valence-electron chi connectivity index (χ0n) is 19.9. The number of piperidine rings is 1. The van der Waals surface area contributed by atoms with Crippen LogP contribution in [0.4, 0.5) is 24.7 Å². The Morgan fingerprint density at radius 2 is 1.65 bits per heavy atom. The number of para-hydroxylation sites is 3. The predicted molar refractivity (Wildman–Crippen MR) is 135 cm³/mol. The van der Waals surface area contributed by atoms with Gasteiger partial charge >= 0.3 is 6.18 Å². The Hall–Kier alpha value is -4.14. The zero-order valence-corrected chi connectivity index (χ0v) is 19.9. The number of nitrogens with zero attached hydrogens (tertiary/aromatic N) is 3. The Kier molecular flexibility index (Phi) is 6.94. The molecule has 0 unspecified atom stereocenters. The lowest BCUT2D eigenvalue weighted by Gasteiger charge is -2.32. The first-order valence-electron chi connectivity index (χ1n) is 12.0. The van der Waals surface area contributed by atoms with Crippen LogP contribution in [0.3, 0.4) is 0 Å². The van der Waals surface area contributed by atoms with E-state index in [-0.39, 0.29) is 24.0 Å².